The second-order valence-corrected chi connectivity index (χ2v) is 8.73. The van der Waals surface area contributed by atoms with E-state index >= 15 is 0 Å². The van der Waals surface area contributed by atoms with Gasteiger partial charge in [-0.1, -0.05) is 30.0 Å². The maximum absolute atomic E-state index is 13.4. The molecule has 5 aromatic rings. The number of hydrogen-bond acceptors (Lipinski definition) is 6. The van der Waals surface area contributed by atoms with Crippen molar-refractivity contribution in [2.24, 2.45) is 0 Å². The fourth-order valence-corrected chi connectivity index (χ4v) is 4.67. The molecule has 0 atom stereocenters. The smallest absolute Gasteiger partial charge is 0.266 e. The quantitative estimate of drug-likeness (QED) is 0.271. The number of pyridine rings is 1. The molecule has 0 radical (unpaired) electrons. The molecule has 3 aromatic heterocycles. The molecule has 2 aromatic carbocycles. The van der Waals surface area contributed by atoms with Crippen molar-refractivity contribution in [2.75, 3.05) is 6.61 Å². The fraction of sp³-hybridized carbons (Fsp3) is 0.154. The van der Waals surface area contributed by atoms with Gasteiger partial charge in [-0.05, 0) is 61.9 Å². The van der Waals surface area contributed by atoms with E-state index in [1.807, 2.05) is 68.4 Å². The molecule has 170 valence electrons. The minimum Gasteiger partial charge on any atom is -0.494 e. The highest BCUT2D eigenvalue weighted by molar-refractivity contribution is 7.98. The Hall–Kier alpha value is -3.91. The Balaban J connectivity index is 1.57. The van der Waals surface area contributed by atoms with Crippen LogP contribution in [0, 0.1) is 6.92 Å². The molecule has 5 rings (SSSR count). The van der Waals surface area contributed by atoms with Crippen LogP contribution in [0.4, 0.5) is 0 Å². The van der Waals surface area contributed by atoms with Crippen LogP contribution in [0.5, 0.6) is 5.75 Å². The maximum atomic E-state index is 13.4. The van der Waals surface area contributed by atoms with Gasteiger partial charge in [0.2, 0.25) is 0 Å². The van der Waals surface area contributed by atoms with Gasteiger partial charge in [0.15, 0.2) is 5.16 Å². The van der Waals surface area contributed by atoms with Gasteiger partial charge in [-0.15, -0.1) is 0 Å². The lowest BCUT2D eigenvalue weighted by molar-refractivity contribution is 0.340. The Morgan fingerprint density at radius 2 is 1.76 bits per heavy atom. The number of aromatic nitrogens is 4. The molecule has 0 bridgehead atoms. The Morgan fingerprint density at radius 3 is 2.56 bits per heavy atom. The summed E-state index contributed by atoms with van der Waals surface area (Å²) >= 11 is 1.37. The maximum Gasteiger partial charge on any atom is 0.266 e. The zero-order chi connectivity index (χ0) is 23.7. The molecular formula is C26H22N4O3S. The van der Waals surface area contributed by atoms with Crippen LogP contribution in [0.15, 0.2) is 87.7 Å². The summed E-state index contributed by atoms with van der Waals surface area (Å²) in [4.78, 5) is 35.4. The third-order valence-corrected chi connectivity index (χ3v) is 6.33. The Labute approximate surface area is 199 Å². The van der Waals surface area contributed by atoms with E-state index in [1.54, 1.807) is 16.8 Å². The molecule has 34 heavy (non-hydrogen) atoms. The first-order valence-corrected chi connectivity index (χ1v) is 11.9. The van der Waals surface area contributed by atoms with Crippen molar-refractivity contribution in [3.05, 3.63) is 105 Å². The van der Waals surface area contributed by atoms with Crippen molar-refractivity contribution >= 4 is 28.3 Å². The minimum atomic E-state index is -0.153. The van der Waals surface area contributed by atoms with Crippen molar-refractivity contribution < 1.29 is 4.74 Å². The second-order valence-electron chi connectivity index (χ2n) is 7.79. The fourth-order valence-electron chi connectivity index (χ4n) is 3.77. The highest BCUT2D eigenvalue weighted by Gasteiger charge is 2.14. The molecule has 8 heteroatoms. The van der Waals surface area contributed by atoms with Crippen molar-refractivity contribution in [2.45, 2.75) is 24.8 Å². The summed E-state index contributed by atoms with van der Waals surface area (Å²) in [6.45, 7) is 4.42. The molecule has 7 nitrogen and oxygen atoms in total. The first-order valence-electron chi connectivity index (χ1n) is 10.9. The highest BCUT2D eigenvalue weighted by atomic mass is 32.2. The van der Waals surface area contributed by atoms with Crippen LogP contribution < -0.4 is 15.9 Å². The van der Waals surface area contributed by atoms with Gasteiger partial charge in [0.05, 0.1) is 28.9 Å². The topological polar surface area (TPSA) is 78.5 Å². The summed E-state index contributed by atoms with van der Waals surface area (Å²) in [7, 11) is 0. The normalized spacial score (nSPS) is 11.2. The van der Waals surface area contributed by atoms with Crippen molar-refractivity contribution in [1.82, 2.24) is 18.9 Å². The van der Waals surface area contributed by atoms with Gasteiger partial charge < -0.3 is 4.74 Å². The van der Waals surface area contributed by atoms with Crippen molar-refractivity contribution in [3.8, 4) is 11.4 Å². The second kappa shape index (κ2) is 9.15. The lowest BCUT2D eigenvalue weighted by Gasteiger charge is -2.14. The predicted molar refractivity (Wildman–Crippen MR) is 134 cm³/mol. The van der Waals surface area contributed by atoms with E-state index in [9.17, 15) is 9.59 Å². The third kappa shape index (κ3) is 4.20. The van der Waals surface area contributed by atoms with Crippen LogP contribution >= 0.6 is 11.8 Å². The van der Waals surface area contributed by atoms with Crippen molar-refractivity contribution in [3.63, 3.8) is 0 Å². The summed E-state index contributed by atoms with van der Waals surface area (Å²) in [5, 5.41) is 1.07. The summed E-state index contributed by atoms with van der Waals surface area (Å²) < 4.78 is 8.67. The van der Waals surface area contributed by atoms with E-state index in [-0.39, 0.29) is 11.1 Å². The third-order valence-electron chi connectivity index (χ3n) is 5.36. The summed E-state index contributed by atoms with van der Waals surface area (Å²) in [5.41, 5.74) is 3.22. The van der Waals surface area contributed by atoms with Crippen LogP contribution in [0.3, 0.4) is 0 Å². The predicted octanol–water partition coefficient (Wildman–Crippen LogP) is 4.39. The average Bonchev–Trinajstić information content (AvgIpc) is 2.84. The van der Waals surface area contributed by atoms with E-state index in [0.29, 0.717) is 45.4 Å². The molecule has 0 N–H and O–H groups in total. The zero-order valence-electron chi connectivity index (χ0n) is 18.8. The van der Waals surface area contributed by atoms with Crippen molar-refractivity contribution in [1.29, 1.82) is 0 Å². The Kier molecular flexibility index (Phi) is 5.90. The molecule has 0 saturated heterocycles. The van der Waals surface area contributed by atoms with E-state index in [4.69, 9.17) is 9.72 Å². The molecule has 0 aliphatic heterocycles. The van der Waals surface area contributed by atoms with Gasteiger partial charge in [0.1, 0.15) is 11.4 Å². The molecule has 0 amide bonds. The Bertz CT molecular complexity index is 1620. The number of thioether (sulfide) groups is 1. The first-order chi connectivity index (χ1) is 16.5. The number of nitrogens with zero attached hydrogens (tertiary/aromatic N) is 4. The summed E-state index contributed by atoms with van der Waals surface area (Å²) in [6.07, 6.45) is 1.77. The number of rotatable bonds is 6. The Morgan fingerprint density at radius 1 is 0.971 bits per heavy atom. The number of aryl methyl sites for hydroxylation is 1. The number of hydrogen-bond donors (Lipinski definition) is 0. The highest BCUT2D eigenvalue weighted by Crippen LogP contribution is 2.25. The molecule has 0 unspecified atom stereocenters. The molecule has 0 aliphatic carbocycles. The van der Waals surface area contributed by atoms with E-state index in [1.165, 1.54) is 22.2 Å². The largest absolute Gasteiger partial charge is 0.494 e. The van der Waals surface area contributed by atoms with Crippen LogP contribution in [-0.4, -0.2) is 25.5 Å². The molecule has 0 fully saturated rings. The van der Waals surface area contributed by atoms with Gasteiger partial charge in [-0.25, -0.2) is 9.97 Å². The van der Waals surface area contributed by atoms with E-state index < -0.39 is 0 Å². The molecule has 0 saturated carbocycles. The van der Waals surface area contributed by atoms with Gasteiger partial charge in [-0.3, -0.25) is 18.6 Å². The SMILES string of the molecule is CCOc1ccc(-n2c(SCc3cc(=O)n4cc(C)ccc4n3)nc3ccccc3c2=O)cc1. The van der Waals surface area contributed by atoms with E-state index in [0.717, 1.165) is 11.3 Å². The number of fused-ring (bicyclic) bond motifs is 2. The van der Waals surface area contributed by atoms with Crippen LogP contribution in [0.2, 0.25) is 0 Å². The molecular weight excluding hydrogens is 448 g/mol. The standard InChI is InChI=1S/C26H22N4O3S/c1-3-33-20-11-9-19(10-12-20)30-25(32)21-6-4-5-7-22(21)28-26(30)34-16-18-14-24(31)29-15-17(2)8-13-23(29)27-18/h4-15H,3,16H2,1-2H3. The molecule has 0 aliphatic rings. The number of benzene rings is 2. The summed E-state index contributed by atoms with van der Waals surface area (Å²) in [6, 6.07) is 19.9. The average molecular weight is 471 g/mol. The zero-order valence-corrected chi connectivity index (χ0v) is 19.6. The lowest BCUT2D eigenvalue weighted by Crippen LogP contribution is -2.22. The lowest BCUT2D eigenvalue weighted by atomic mass is 10.2. The number of para-hydroxylation sites is 1. The van der Waals surface area contributed by atoms with Crippen LogP contribution in [-0.2, 0) is 5.75 Å². The van der Waals surface area contributed by atoms with Crippen LogP contribution in [0.25, 0.3) is 22.2 Å². The van der Waals surface area contributed by atoms with Crippen LogP contribution in [0.1, 0.15) is 18.2 Å². The monoisotopic (exact) mass is 470 g/mol. The molecule has 3 heterocycles. The molecule has 0 spiro atoms. The van der Waals surface area contributed by atoms with Gasteiger partial charge in [0, 0.05) is 18.0 Å². The van der Waals surface area contributed by atoms with E-state index in [2.05, 4.69) is 4.98 Å². The minimum absolute atomic E-state index is 0.139. The summed E-state index contributed by atoms with van der Waals surface area (Å²) in [5.74, 6) is 1.12. The number of ether oxygens (including phenoxy) is 1. The van der Waals surface area contributed by atoms with Gasteiger partial charge in [-0.2, -0.15) is 0 Å². The van der Waals surface area contributed by atoms with Gasteiger partial charge in [0.25, 0.3) is 11.1 Å². The first kappa shape index (κ1) is 21.9. The van der Waals surface area contributed by atoms with Gasteiger partial charge >= 0.3 is 0 Å².